The number of unbranched alkanes of at least 4 members (excludes halogenated alkanes) is 1. The molecule has 0 amide bonds. The third kappa shape index (κ3) is 4.60. The Bertz CT molecular complexity index is 978. The first kappa shape index (κ1) is 22.5. The highest BCUT2D eigenvalue weighted by molar-refractivity contribution is 5.94. The highest BCUT2D eigenvalue weighted by Gasteiger charge is 2.35. The monoisotopic (exact) mass is 428 g/mol. The van der Waals surface area contributed by atoms with Gasteiger partial charge in [-0.2, -0.15) is 0 Å². The van der Waals surface area contributed by atoms with Crippen LogP contribution in [-0.4, -0.2) is 38.4 Å². The van der Waals surface area contributed by atoms with E-state index < -0.39 is 11.6 Å². The van der Waals surface area contributed by atoms with Gasteiger partial charge in [-0.1, -0.05) is 19.4 Å². The lowest BCUT2D eigenvalue weighted by Gasteiger charge is -2.27. The minimum Gasteiger partial charge on any atom is -0.493 e. The number of hydrogen-bond donors (Lipinski definition) is 0. The van der Waals surface area contributed by atoms with Gasteiger partial charge in [0.1, 0.15) is 6.61 Å². The first-order valence-corrected chi connectivity index (χ1v) is 10.2. The molecule has 1 heterocycles. The van der Waals surface area contributed by atoms with Crippen LogP contribution in [0, 0.1) is 0 Å². The van der Waals surface area contributed by atoms with Gasteiger partial charge in [0.05, 0.1) is 26.4 Å². The number of hydrogen-bond acceptors (Lipinski definition) is 7. The largest absolute Gasteiger partial charge is 0.493 e. The fourth-order valence-corrected chi connectivity index (χ4v) is 3.31. The Morgan fingerprint density at radius 2 is 1.81 bits per heavy atom. The Hall–Kier alpha value is -3.22. The Kier molecular flexibility index (Phi) is 6.73. The molecule has 31 heavy (non-hydrogen) atoms. The molecular formula is C24H28O7. The van der Waals surface area contributed by atoms with E-state index in [-0.39, 0.29) is 12.6 Å². The van der Waals surface area contributed by atoms with Crippen LogP contribution in [0.2, 0.25) is 0 Å². The summed E-state index contributed by atoms with van der Waals surface area (Å²) in [6.45, 7) is 5.89. The van der Waals surface area contributed by atoms with E-state index in [2.05, 4.69) is 0 Å². The molecule has 0 spiro atoms. The number of cyclic esters (lactones) is 1. The molecule has 2 aromatic rings. The molecule has 0 fully saturated rings. The molecule has 1 aliphatic rings. The lowest BCUT2D eigenvalue weighted by molar-refractivity contribution is -0.159. The summed E-state index contributed by atoms with van der Waals surface area (Å²) in [5.74, 6) is 0.383. The molecule has 1 aliphatic heterocycles. The number of benzene rings is 2. The van der Waals surface area contributed by atoms with Crippen molar-refractivity contribution in [2.24, 2.45) is 0 Å². The van der Waals surface area contributed by atoms with Gasteiger partial charge in [0, 0.05) is 11.1 Å². The maximum Gasteiger partial charge on any atom is 0.349 e. The molecule has 166 valence electrons. The lowest BCUT2D eigenvalue weighted by Crippen LogP contribution is -2.40. The molecule has 7 nitrogen and oxygen atoms in total. The Morgan fingerprint density at radius 3 is 2.48 bits per heavy atom. The van der Waals surface area contributed by atoms with Crippen molar-refractivity contribution in [2.45, 2.75) is 45.8 Å². The zero-order valence-electron chi connectivity index (χ0n) is 18.6. The second-order valence-corrected chi connectivity index (χ2v) is 7.73. The van der Waals surface area contributed by atoms with Crippen molar-refractivity contribution in [1.82, 2.24) is 0 Å². The number of esters is 2. The van der Waals surface area contributed by atoms with Gasteiger partial charge in [0.15, 0.2) is 17.1 Å². The van der Waals surface area contributed by atoms with Crippen LogP contribution in [0.25, 0.3) is 11.1 Å². The van der Waals surface area contributed by atoms with E-state index in [0.717, 1.165) is 24.0 Å². The summed E-state index contributed by atoms with van der Waals surface area (Å²) in [5.41, 5.74) is 1.56. The topological polar surface area (TPSA) is 80.3 Å². The zero-order chi connectivity index (χ0) is 22.6. The molecule has 0 aliphatic carbocycles. The van der Waals surface area contributed by atoms with Crippen molar-refractivity contribution in [3.63, 3.8) is 0 Å². The van der Waals surface area contributed by atoms with Crippen molar-refractivity contribution in [2.75, 3.05) is 20.8 Å². The summed E-state index contributed by atoms with van der Waals surface area (Å²) in [6.07, 6.45) is 1.71. The molecule has 0 saturated heterocycles. The molecule has 3 rings (SSSR count). The molecule has 0 aromatic heterocycles. The number of carbonyl (C=O) groups excluding carboxylic acids is 2. The molecule has 2 aromatic carbocycles. The first-order chi connectivity index (χ1) is 14.8. The van der Waals surface area contributed by atoms with Crippen LogP contribution in [0.1, 0.15) is 49.5 Å². The van der Waals surface area contributed by atoms with E-state index in [1.165, 1.54) is 14.2 Å². The standard InChI is InChI=1S/C24H28O7/c1-6-7-12-29-23(26)24(2,3)31-20-17(10-11-19(27-4)21(20)28-5)15-8-9-18-16(13-15)14-30-22(18)25/h8-11,13H,6-7,12,14H2,1-5H3. The Morgan fingerprint density at radius 1 is 1.06 bits per heavy atom. The van der Waals surface area contributed by atoms with Gasteiger partial charge in [-0.25, -0.2) is 9.59 Å². The maximum atomic E-state index is 12.7. The minimum absolute atomic E-state index is 0.223. The summed E-state index contributed by atoms with van der Waals surface area (Å²) in [7, 11) is 3.04. The quantitative estimate of drug-likeness (QED) is 0.428. The predicted molar refractivity (Wildman–Crippen MR) is 115 cm³/mol. The van der Waals surface area contributed by atoms with Crippen LogP contribution in [0.5, 0.6) is 17.2 Å². The summed E-state index contributed by atoms with van der Waals surface area (Å²) in [6, 6.07) is 9.01. The number of rotatable bonds is 9. The summed E-state index contributed by atoms with van der Waals surface area (Å²) >= 11 is 0. The Balaban J connectivity index is 2.03. The normalized spacial score (nSPS) is 12.7. The average Bonchev–Trinajstić information content (AvgIpc) is 3.13. The summed E-state index contributed by atoms with van der Waals surface area (Å²) < 4.78 is 27.7. The van der Waals surface area contributed by atoms with E-state index >= 15 is 0 Å². The van der Waals surface area contributed by atoms with Gasteiger partial charge < -0.3 is 23.7 Å². The molecule has 0 N–H and O–H groups in total. The van der Waals surface area contributed by atoms with E-state index in [1.54, 1.807) is 26.0 Å². The molecular weight excluding hydrogens is 400 g/mol. The molecule has 0 saturated carbocycles. The number of carbonyl (C=O) groups is 2. The molecule has 7 heteroatoms. The fourth-order valence-electron chi connectivity index (χ4n) is 3.31. The van der Waals surface area contributed by atoms with Crippen LogP contribution in [-0.2, 0) is 20.9 Å². The summed E-state index contributed by atoms with van der Waals surface area (Å²) in [5, 5.41) is 0. The number of fused-ring (bicyclic) bond motifs is 1. The van der Waals surface area contributed by atoms with Gasteiger partial charge in [0.2, 0.25) is 5.75 Å². The smallest absolute Gasteiger partial charge is 0.349 e. The van der Waals surface area contributed by atoms with E-state index in [4.69, 9.17) is 23.7 Å². The second kappa shape index (κ2) is 9.29. The van der Waals surface area contributed by atoms with Gasteiger partial charge in [-0.3, -0.25) is 0 Å². The fraction of sp³-hybridized carbons (Fsp3) is 0.417. The van der Waals surface area contributed by atoms with Gasteiger partial charge in [0.25, 0.3) is 0 Å². The van der Waals surface area contributed by atoms with E-state index in [1.807, 2.05) is 25.1 Å². The van der Waals surface area contributed by atoms with E-state index in [0.29, 0.717) is 35.0 Å². The van der Waals surface area contributed by atoms with Crippen LogP contribution in [0.3, 0.4) is 0 Å². The molecule has 0 radical (unpaired) electrons. The third-order valence-corrected chi connectivity index (χ3v) is 5.07. The molecule has 0 atom stereocenters. The highest BCUT2D eigenvalue weighted by atomic mass is 16.6. The average molecular weight is 428 g/mol. The van der Waals surface area contributed by atoms with Crippen molar-refractivity contribution in [3.8, 4) is 28.4 Å². The van der Waals surface area contributed by atoms with Crippen LogP contribution in [0.15, 0.2) is 30.3 Å². The minimum atomic E-state index is -1.27. The first-order valence-electron chi connectivity index (χ1n) is 10.2. The molecule has 0 bridgehead atoms. The third-order valence-electron chi connectivity index (χ3n) is 5.07. The number of ether oxygens (including phenoxy) is 5. The van der Waals surface area contributed by atoms with Crippen molar-refractivity contribution >= 4 is 11.9 Å². The Labute approximate surface area is 182 Å². The van der Waals surface area contributed by atoms with Gasteiger partial charge in [-0.15, -0.1) is 0 Å². The lowest BCUT2D eigenvalue weighted by atomic mass is 9.98. The predicted octanol–water partition coefficient (Wildman–Crippen LogP) is 4.54. The van der Waals surface area contributed by atoms with Gasteiger partial charge >= 0.3 is 11.9 Å². The number of methoxy groups -OCH3 is 2. The zero-order valence-corrected chi connectivity index (χ0v) is 18.6. The molecule has 0 unspecified atom stereocenters. The van der Waals surface area contributed by atoms with Crippen LogP contribution >= 0.6 is 0 Å². The second-order valence-electron chi connectivity index (χ2n) is 7.73. The van der Waals surface area contributed by atoms with Crippen LogP contribution < -0.4 is 14.2 Å². The van der Waals surface area contributed by atoms with Crippen LogP contribution in [0.4, 0.5) is 0 Å². The highest BCUT2D eigenvalue weighted by Crippen LogP contribution is 2.46. The van der Waals surface area contributed by atoms with Crippen molar-refractivity contribution in [3.05, 3.63) is 41.5 Å². The van der Waals surface area contributed by atoms with E-state index in [9.17, 15) is 9.59 Å². The van der Waals surface area contributed by atoms with Crippen molar-refractivity contribution < 1.29 is 33.3 Å². The van der Waals surface area contributed by atoms with Gasteiger partial charge in [-0.05, 0) is 50.1 Å². The summed E-state index contributed by atoms with van der Waals surface area (Å²) in [4.78, 5) is 24.5. The maximum absolute atomic E-state index is 12.7. The van der Waals surface area contributed by atoms with Crippen molar-refractivity contribution in [1.29, 1.82) is 0 Å². The SMILES string of the molecule is CCCCOC(=O)C(C)(C)Oc1c(-c2ccc3c(c2)COC3=O)ccc(OC)c1OC.